The number of nitrogens with one attached hydrogen (secondary N) is 2. The molecule has 0 radical (unpaired) electrons. The van der Waals surface area contributed by atoms with E-state index in [0.717, 1.165) is 11.1 Å². The minimum atomic E-state index is -0.415. The fourth-order valence-electron chi connectivity index (χ4n) is 2.82. The van der Waals surface area contributed by atoms with Gasteiger partial charge in [0.1, 0.15) is 11.5 Å². The van der Waals surface area contributed by atoms with Crippen LogP contribution in [-0.2, 0) is 6.42 Å². The number of hydrogen-bond acceptors (Lipinski definition) is 3. The average molecular weight is 391 g/mol. The van der Waals surface area contributed by atoms with Crippen molar-refractivity contribution in [3.8, 4) is 0 Å². The molecule has 148 valence electrons. The van der Waals surface area contributed by atoms with Crippen LogP contribution in [0.5, 0.6) is 0 Å². The summed E-state index contributed by atoms with van der Waals surface area (Å²) in [5.41, 5.74) is 3.89. The Bertz CT molecular complexity index is 1050. The first-order chi connectivity index (χ1) is 13.9. The molecule has 0 aliphatic carbocycles. The lowest BCUT2D eigenvalue weighted by Crippen LogP contribution is -2.27. The van der Waals surface area contributed by atoms with Crippen LogP contribution in [0.25, 0.3) is 0 Å². The summed E-state index contributed by atoms with van der Waals surface area (Å²) in [4.78, 5) is 28.9. The van der Waals surface area contributed by atoms with E-state index in [0.29, 0.717) is 23.2 Å². The highest BCUT2D eigenvalue weighted by Crippen LogP contribution is 2.15. The lowest BCUT2D eigenvalue weighted by atomic mass is 10.1. The van der Waals surface area contributed by atoms with Gasteiger partial charge in [-0.2, -0.15) is 0 Å². The van der Waals surface area contributed by atoms with E-state index in [1.165, 1.54) is 18.3 Å². The van der Waals surface area contributed by atoms with Gasteiger partial charge in [0, 0.05) is 24.0 Å². The van der Waals surface area contributed by atoms with Crippen molar-refractivity contribution < 1.29 is 14.0 Å². The Balaban J connectivity index is 1.62. The molecule has 2 N–H and O–H groups in total. The molecule has 29 heavy (non-hydrogen) atoms. The third-order valence-corrected chi connectivity index (χ3v) is 4.66. The van der Waals surface area contributed by atoms with E-state index in [-0.39, 0.29) is 24.0 Å². The molecule has 1 heterocycles. The number of carbonyl (C=O) groups is 2. The van der Waals surface area contributed by atoms with Gasteiger partial charge in [-0.3, -0.25) is 14.6 Å². The van der Waals surface area contributed by atoms with Crippen LogP contribution >= 0.6 is 0 Å². The summed E-state index contributed by atoms with van der Waals surface area (Å²) < 4.78 is 13.6. The van der Waals surface area contributed by atoms with Crippen LogP contribution in [0.1, 0.15) is 37.5 Å². The maximum Gasteiger partial charge on any atom is 0.269 e. The molecule has 3 aromatic rings. The van der Waals surface area contributed by atoms with Crippen LogP contribution in [0.15, 0.2) is 60.8 Å². The quantitative estimate of drug-likeness (QED) is 0.666. The molecule has 0 saturated heterocycles. The van der Waals surface area contributed by atoms with E-state index >= 15 is 0 Å². The fourth-order valence-corrected chi connectivity index (χ4v) is 2.82. The topological polar surface area (TPSA) is 71.1 Å². The van der Waals surface area contributed by atoms with Gasteiger partial charge >= 0.3 is 0 Å². The van der Waals surface area contributed by atoms with E-state index in [4.69, 9.17) is 0 Å². The van der Waals surface area contributed by atoms with Crippen molar-refractivity contribution in [2.45, 2.75) is 20.3 Å². The Morgan fingerprint density at radius 2 is 1.76 bits per heavy atom. The molecule has 2 aromatic carbocycles. The van der Waals surface area contributed by atoms with Crippen molar-refractivity contribution in [2.75, 3.05) is 11.9 Å². The predicted molar refractivity (Wildman–Crippen MR) is 111 cm³/mol. The normalized spacial score (nSPS) is 10.4. The summed E-state index contributed by atoms with van der Waals surface area (Å²) in [6.45, 7) is 4.24. The Hall–Kier alpha value is -3.54. The fraction of sp³-hybridized carbons (Fsp3) is 0.174. The smallest absolute Gasteiger partial charge is 0.269 e. The average Bonchev–Trinajstić information content (AvgIpc) is 2.72. The molecule has 1 aromatic heterocycles. The summed E-state index contributed by atoms with van der Waals surface area (Å²) in [7, 11) is 0. The summed E-state index contributed by atoms with van der Waals surface area (Å²) >= 11 is 0. The zero-order valence-electron chi connectivity index (χ0n) is 16.3. The van der Waals surface area contributed by atoms with Crippen LogP contribution in [0.3, 0.4) is 0 Å². The molecule has 0 atom stereocenters. The molecule has 0 unspecified atom stereocenters. The zero-order valence-corrected chi connectivity index (χ0v) is 16.3. The summed E-state index contributed by atoms with van der Waals surface area (Å²) in [5.74, 6) is -1.04. The van der Waals surface area contributed by atoms with Gasteiger partial charge in [0.05, 0.1) is 0 Å². The predicted octanol–water partition coefficient (Wildman–Crippen LogP) is 4.06. The molecule has 5 nitrogen and oxygen atoms in total. The van der Waals surface area contributed by atoms with E-state index in [9.17, 15) is 14.0 Å². The summed E-state index contributed by atoms with van der Waals surface area (Å²) in [6.07, 6.45) is 1.78. The van der Waals surface area contributed by atoms with Gasteiger partial charge in [0.25, 0.3) is 11.8 Å². The molecule has 3 rings (SSSR count). The van der Waals surface area contributed by atoms with Gasteiger partial charge in [-0.1, -0.05) is 24.3 Å². The highest BCUT2D eigenvalue weighted by molar-refractivity contribution is 6.05. The van der Waals surface area contributed by atoms with Crippen molar-refractivity contribution in [3.63, 3.8) is 0 Å². The van der Waals surface area contributed by atoms with Crippen LogP contribution in [0.4, 0.5) is 10.1 Å². The lowest BCUT2D eigenvalue weighted by molar-refractivity contribution is 0.0949. The van der Waals surface area contributed by atoms with Crippen LogP contribution < -0.4 is 10.6 Å². The third kappa shape index (κ3) is 5.25. The highest BCUT2D eigenvalue weighted by atomic mass is 19.1. The van der Waals surface area contributed by atoms with Crippen LogP contribution in [0, 0.1) is 19.7 Å². The Morgan fingerprint density at radius 3 is 2.52 bits per heavy atom. The Morgan fingerprint density at radius 1 is 0.966 bits per heavy atom. The minimum Gasteiger partial charge on any atom is -0.350 e. The van der Waals surface area contributed by atoms with E-state index in [1.54, 1.807) is 24.3 Å². The maximum absolute atomic E-state index is 13.6. The molecule has 2 amide bonds. The first-order valence-electron chi connectivity index (χ1n) is 9.30. The van der Waals surface area contributed by atoms with Gasteiger partial charge in [-0.25, -0.2) is 4.39 Å². The number of aryl methyl sites for hydroxylation is 2. The monoisotopic (exact) mass is 391 g/mol. The van der Waals surface area contributed by atoms with Gasteiger partial charge < -0.3 is 10.6 Å². The number of amides is 2. The van der Waals surface area contributed by atoms with Gasteiger partial charge in [0.15, 0.2) is 0 Å². The van der Waals surface area contributed by atoms with Crippen molar-refractivity contribution in [1.82, 2.24) is 10.3 Å². The second-order valence-electron chi connectivity index (χ2n) is 6.78. The van der Waals surface area contributed by atoms with Crippen LogP contribution in [-0.4, -0.2) is 23.3 Å². The van der Waals surface area contributed by atoms with Crippen molar-refractivity contribution >= 4 is 17.5 Å². The van der Waals surface area contributed by atoms with Gasteiger partial charge in [-0.15, -0.1) is 0 Å². The van der Waals surface area contributed by atoms with Crippen LogP contribution in [0.2, 0.25) is 0 Å². The van der Waals surface area contributed by atoms with Gasteiger partial charge in [0.2, 0.25) is 0 Å². The number of hydrogen-bond donors (Lipinski definition) is 2. The minimum absolute atomic E-state index is 0.131. The number of carbonyl (C=O) groups excluding carboxylic acids is 2. The molecule has 6 heteroatoms. The number of aromatic nitrogens is 1. The first kappa shape index (κ1) is 20.2. The lowest BCUT2D eigenvalue weighted by Gasteiger charge is -2.09. The van der Waals surface area contributed by atoms with Gasteiger partial charge in [-0.05, 0) is 67.3 Å². The molecular weight excluding hydrogens is 369 g/mol. The van der Waals surface area contributed by atoms with Crippen molar-refractivity contribution in [2.24, 2.45) is 0 Å². The number of halogens is 1. The second kappa shape index (κ2) is 9.10. The SMILES string of the molecule is Cc1ccc(NC(=O)c2ccnc(C(=O)NCCc3ccccc3F)c2)cc1C. The molecule has 0 spiro atoms. The number of anilines is 1. The first-order valence-corrected chi connectivity index (χ1v) is 9.30. The number of rotatable bonds is 6. The Kier molecular flexibility index (Phi) is 6.34. The molecule has 0 bridgehead atoms. The number of nitrogens with zero attached hydrogens (tertiary/aromatic N) is 1. The zero-order chi connectivity index (χ0) is 20.8. The second-order valence-corrected chi connectivity index (χ2v) is 6.78. The summed E-state index contributed by atoms with van der Waals surface area (Å²) in [6, 6.07) is 15.1. The maximum atomic E-state index is 13.6. The van der Waals surface area contributed by atoms with E-state index < -0.39 is 5.91 Å². The molecule has 0 aliphatic rings. The number of benzene rings is 2. The number of pyridine rings is 1. The third-order valence-electron chi connectivity index (χ3n) is 4.66. The molecule has 0 saturated carbocycles. The largest absolute Gasteiger partial charge is 0.350 e. The highest BCUT2D eigenvalue weighted by Gasteiger charge is 2.12. The van der Waals surface area contributed by atoms with E-state index in [2.05, 4.69) is 15.6 Å². The molecular formula is C23H22FN3O2. The van der Waals surface area contributed by atoms with Crippen molar-refractivity contribution in [1.29, 1.82) is 0 Å². The van der Waals surface area contributed by atoms with Crippen molar-refractivity contribution in [3.05, 3.63) is 94.6 Å². The Labute approximate surface area is 169 Å². The molecule has 0 fully saturated rings. The van der Waals surface area contributed by atoms with E-state index in [1.807, 2.05) is 32.0 Å². The molecule has 0 aliphatic heterocycles. The standard InChI is InChI=1S/C23H22FN3O2/c1-15-7-8-19(13-16(15)2)27-22(28)18-10-11-25-21(14-18)23(29)26-12-9-17-5-3-4-6-20(17)24/h3-8,10-11,13-14H,9,12H2,1-2H3,(H,26,29)(H,27,28). The summed E-state index contributed by atoms with van der Waals surface area (Å²) in [5, 5.41) is 5.53.